The second kappa shape index (κ2) is 6.34. The predicted octanol–water partition coefficient (Wildman–Crippen LogP) is 6.24. The third-order valence-corrected chi connectivity index (χ3v) is 5.86. The maximum absolute atomic E-state index is 10.9. The molecule has 3 aromatic rings. The molecule has 2 heterocycles. The van der Waals surface area contributed by atoms with Crippen LogP contribution in [0.5, 0.6) is 5.88 Å². The first kappa shape index (κ1) is 16.9. The van der Waals surface area contributed by atoms with Crippen molar-refractivity contribution in [2.45, 2.75) is 20.8 Å². The number of aliphatic imine (C=N–C) groups is 1. The number of nitrogens with zero attached hydrogens (tertiary/aromatic N) is 2. The van der Waals surface area contributed by atoms with Crippen LogP contribution in [0.1, 0.15) is 28.5 Å². The fraction of sp³-hybridized carbons (Fsp3) is 0.143. The number of thiazole rings is 1. The van der Waals surface area contributed by atoms with Gasteiger partial charge in [-0.3, -0.25) is 9.56 Å². The number of aromatic nitrogens is 1. The number of fused-ring (bicyclic) bond motifs is 1. The highest BCUT2D eigenvalue weighted by Gasteiger charge is 2.20. The van der Waals surface area contributed by atoms with E-state index >= 15 is 0 Å². The Hall–Kier alpha value is -2.50. The monoisotopic (exact) mass is 378 g/mol. The fourth-order valence-electron chi connectivity index (χ4n) is 3.29. The molecule has 0 aliphatic carbocycles. The first-order chi connectivity index (χ1) is 12.5. The minimum atomic E-state index is 0.177. The topological polar surface area (TPSA) is 37.5 Å². The van der Waals surface area contributed by atoms with Crippen LogP contribution in [0.4, 0.5) is 5.69 Å². The third-order valence-electron chi connectivity index (χ3n) is 4.55. The van der Waals surface area contributed by atoms with Crippen molar-refractivity contribution < 1.29 is 5.11 Å². The molecule has 0 atom stereocenters. The summed E-state index contributed by atoms with van der Waals surface area (Å²) in [7, 11) is 0. The van der Waals surface area contributed by atoms with E-state index in [0.717, 1.165) is 38.7 Å². The Kier molecular flexibility index (Phi) is 4.13. The van der Waals surface area contributed by atoms with Crippen molar-refractivity contribution in [2.75, 3.05) is 0 Å². The average molecular weight is 379 g/mol. The summed E-state index contributed by atoms with van der Waals surface area (Å²) in [6, 6.07) is 14.2. The van der Waals surface area contributed by atoms with Crippen molar-refractivity contribution in [3.05, 3.63) is 68.0 Å². The predicted molar refractivity (Wildman–Crippen MR) is 113 cm³/mol. The number of para-hydroxylation sites is 1. The minimum absolute atomic E-state index is 0.177. The van der Waals surface area contributed by atoms with Crippen molar-refractivity contribution in [1.82, 2.24) is 4.57 Å². The van der Waals surface area contributed by atoms with E-state index in [1.807, 2.05) is 50.3 Å². The molecule has 1 aromatic heterocycles. The summed E-state index contributed by atoms with van der Waals surface area (Å²) in [5.41, 5.74) is 7.20. The smallest absolute Gasteiger partial charge is 0.215 e. The van der Waals surface area contributed by atoms with Gasteiger partial charge in [-0.05, 0) is 56.8 Å². The van der Waals surface area contributed by atoms with Crippen molar-refractivity contribution in [2.24, 2.45) is 4.99 Å². The number of aryl methyl sites for hydroxylation is 2. The zero-order valence-corrected chi connectivity index (χ0v) is 16.4. The van der Waals surface area contributed by atoms with Gasteiger partial charge in [-0.1, -0.05) is 35.9 Å². The van der Waals surface area contributed by atoms with E-state index in [1.54, 1.807) is 4.57 Å². The number of hydrogen-bond donors (Lipinski definition) is 1. The van der Waals surface area contributed by atoms with Crippen LogP contribution < -0.4 is 0 Å². The quantitative estimate of drug-likeness (QED) is 0.536. The largest absolute Gasteiger partial charge is 0.493 e. The molecule has 3 nitrogen and oxygen atoms in total. The van der Waals surface area contributed by atoms with E-state index in [9.17, 15) is 5.11 Å². The molecule has 2 aromatic carbocycles. The molecule has 5 heteroatoms. The first-order valence-corrected chi connectivity index (χ1v) is 9.57. The average Bonchev–Trinajstić information content (AvgIpc) is 3.06. The molecule has 0 unspecified atom stereocenters. The van der Waals surface area contributed by atoms with Crippen LogP contribution in [0.3, 0.4) is 0 Å². The highest BCUT2D eigenvalue weighted by molar-refractivity contribution is 7.73. The summed E-state index contributed by atoms with van der Waals surface area (Å²) in [6.07, 6.45) is 1.99. The van der Waals surface area contributed by atoms with E-state index in [-0.39, 0.29) is 5.88 Å². The molecular weight excluding hydrogens is 360 g/mol. The molecule has 0 fully saturated rings. The number of rotatable bonds is 2. The Morgan fingerprint density at radius 1 is 1.12 bits per heavy atom. The van der Waals surface area contributed by atoms with Gasteiger partial charge in [-0.2, -0.15) is 0 Å². The van der Waals surface area contributed by atoms with E-state index in [0.29, 0.717) is 3.95 Å². The lowest BCUT2D eigenvalue weighted by atomic mass is 10.0. The van der Waals surface area contributed by atoms with Crippen LogP contribution in [0.15, 0.2) is 47.5 Å². The van der Waals surface area contributed by atoms with Gasteiger partial charge in [0.15, 0.2) is 3.95 Å². The van der Waals surface area contributed by atoms with Gasteiger partial charge in [-0.15, -0.1) is 11.3 Å². The molecule has 1 N–H and O–H groups in total. The summed E-state index contributed by atoms with van der Waals surface area (Å²) in [5.74, 6) is 0.177. The summed E-state index contributed by atoms with van der Waals surface area (Å²) < 4.78 is 2.37. The van der Waals surface area contributed by atoms with Crippen LogP contribution in [0, 0.1) is 17.8 Å². The van der Waals surface area contributed by atoms with Crippen molar-refractivity contribution in [3.63, 3.8) is 0 Å². The number of allylic oxidation sites excluding steroid dienone is 1. The fourth-order valence-corrected chi connectivity index (χ4v) is 4.57. The van der Waals surface area contributed by atoms with Crippen LogP contribution in [0.2, 0.25) is 0 Å². The maximum atomic E-state index is 10.9. The zero-order chi connectivity index (χ0) is 18.4. The number of benzene rings is 2. The Balaban J connectivity index is 1.86. The van der Waals surface area contributed by atoms with Gasteiger partial charge in [0, 0.05) is 16.8 Å². The van der Waals surface area contributed by atoms with E-state index in [1.165, 1.54) is 16.9 Å². The Bertz CT molecular complexity index is 1150. The molecule has 0 radical (unpaired) electrons. The van der Waals surface area contributed by atoms with Crippen molar-refractivity contribution in [3.8, 4) is 11.6 Å². The van der Waals surface area contributed by atoms with Gasteiger partial charge >= 0.3 is 0 Å². The van der Waals surface area contributed by atoms with Crippen LogP contribution >= 0.6 is 23.6 Å². The molecule has 0 bridgehead atoms. The Morgan fingerprint density at radius 3 is 2.65 bits per heavy atom. The van der Waals surface area contributed by atoms with Gasteiger partial charge < -0.3 is 5.11 Å². The second-order valence-corrected chi connectivity index (χ2v) is 8.13. The summed E-state index contributed by atoms with van der Waals surface area (Å²) >= 11 is 6.95. The van der Waals surface area contributed by atoms with Crippen LogP contribution in [-0.2, 0) is 0 Å². The van der Waals surface area contributed by atoms with Crippen molar-refractivity contribution in [1.29, 1.82) is 0 Å². The molecule has 4 rings (SSSR count). The molecule has 26 heavy (non-hydrogen) atoms. The highest BCUT2D eigenvalue weighted by atomic mass is 32.1. The summed E-state index contributed by atoms with van der Waals surface area (Å²) in [6.45, 7) is 6.08. The van der Waals surface area contributed by atoms with Crippen LogP contribution in [0.25, 0.3) is 17.3 Å². The van der Waals surface area contributed by atoms with E-state index in [2.05, 4.69) is 24.0 Å². The SMILES string of the molecule is CC1=Nc2ccccc2/C1=C\c1sc(=S)n(-c2ccc(C)cc2C)c1O. The molecule has 130 valence electrons. The maximum Gasteiger partial charge on any atom is 0.215 e. The molecular formula is C21H18N2OS2. The normalized spacial score (nSPS) is 14.6. The lowest BCUT2D eigenvalue weighted by Crippen LogP contribution is -1.97. The molecule has 1 aliphatic rings. The molecule has 0 saturated heterocycles. The standard InChI is InChI=1S/C21H18N2OS2/c1-12-8-9-18(13(2)10-12)23-20(24)19(26-21(23)25)11-16-14(3)22-17-7-5-4-6-15(16)17/h4-11,24H,1-3H3/b16-11-. The highest BCUT2D eigenvalue weighted by Crippen LogP contribution is 2.39. The Labute approximate surface area is 161 Å². The lowest BCUT2D eigenvalue weighted by molar-refractivity contribution is 0.441. The van der Waals surface area contributed by atoms with Gasteiger partial charge in [0.25, 0.3) is 0 Å². The van der Waals surface area contributed by atoms with Gasteiger partial charge in [0.2, 0.25) is 5.88 Å². The van der Waals surface area contributed by atoms with E-state index < -0.39 is 0 Å². The summed E-state index contributed by atoms with van der Waals surface area (Å²) in [4.78, 5) is 5.36. The Morgan fingerprint density at radius 2 is 1.88 bits per heavy atom. The number of hydrogen-bond acceptors (Lipinski definition) is 4. The molecule has 1 aliphatic heterocycles. The third kappa shape index (κ3) is 2.73. The van der Waals surface area contributed by atoms with Crippen molar-refractivity contribution >= 4 is 46.6 Å². The molecule has 0 saturated carbocycles. The number of aromatic hydroxyl groups is 1. The first-order valence-electron chi connectivity index (χ1n) is 8.35. The van der Waals surface area contributed by atoms with E-state index in [4.69, 9.17) is 12.2 Å². The second-order valence-electron chi connectivity index (χ2n) is 6.45. The lowest BCUT2D eigenvalue weighted by Gasteiger charge is -2.09. The van der Waals surface area contributed by atoms with Crippen LogP contribution in [-0.4, -0.2) is 15.4 Å². The minimum Gasteiger partial charge on any atom is -0.493 e. The van der Waals surface area contributed by atoms with Gasteiger partial charge in [0.1, 0.15) is 0 Å². The molecule has 0 amide bonds. The molecule has 0 spiro atoms. The summed E-state index contributed by atoms with van der Waals surface area (Å²) in [5, 5.41) is 10.9. The zero-order valence-electron chi connectivity index (χ0n) is 14.8. The van der Waals surface area contributed by atoms with Gasteiger partial charge in [0.05, 0.1) is 16.3 Å². The van der Waals surface area contributed by atoms with Gasteiger partial charge in [-0.25, -0.2) is 0 Å².